The van der Waals surface area contributed by atoms with E-state index in [0.29, 0.717) is 5.69 Å². The number of aliphatic hydroxyl groups is 2. The Hall–Kier alpha value is -2.05. The lowest BCUT2D eigenvalue weighted by Gasteiger charge is -2.10. The quantitative estimate of drug-likeness (QED) is 0.765. The van der Waals surface area contributed by atoms with Crippen molar-refractivity contribution < 1.29 is 15.0 Å². The Bertz CT molecular complexity index is 566. The number of ketones is 1. The Morgan fingerprint density at radius 1 is 1.37 bits per heavy atom. The number of hydrogen-bond donors (Lipinski definition) is 2. The molecule has 0 radical (unpaired) electrons. The zero-order chi connectivity index (χ0) is 13.8. The van der Waals surface area contributed by atoms with Crippen molar-refractivity contribution in [2.24, 2.45) is 0 Å². The molecule has 1 aromatic heterocycles. The summed E-state index contributed by atoms with van der Waals surface area (Å²) in [5.41, 5.74) is 1.61. The van der Waals surface area contributed by atoms with Crippen LogP contribution in [0.15, 0.2) is 30.3 Å². The lowest BCUT2D eigenvalue weighted by Crippen LogP contribution is -2.21. The van der Waals surface area contributed by atoms with Gasteiger partial charge >= 0.3 is 0 Å². The molecular formula is C13H15N3O3. The largest absolute Gasteiger partial charge is 0.394 e. The lowest BCUT2D eigenvalue weighted by molar-refractivity contribution is 0.0782. The molecule has 0 bridgehead atoms. The summed E-state index contributed by atoms with van der Waals surface area (Å²) in [6.07, 6.45) is -0.941. The Morgan fingerprint density at radius 2 is 2.05 bits per heavy atom. The van der Waals surface area contributed by atoms with E-state index in [-0.39, 0.29) is 24.6 Å². The van der Waals surface area contributed by atoms with Gasteiger partial charge in [-0.3, -0.25) is 4.79 Å². The first-order valence-electron chi connectivity index (χ1n) is 5.92. The Labute approximate surface area is 110 Å². The first kappa shape index (κ1) is 13.4. The standard InChI is InChI=1S/C13H15N3O3/c1-9(18)12-13(10-5-3-2-4-6-10)16(15-14-12)7-11(19)8-17/h2-6,11,17,19H,7-8H2,1H3. The average molecular weight is 261 g/mol. The Kier molecular flexibility index (Phi) is 4.03. The fourth-order valence-electron chi connectivity index (χ4n) is 1.82. The van der Waals surface area contributed by atoms with E-state index >= 15 is 0 Å². The van der Waals surface area contributed by atoms with Crippen LogP contribution in [-0.4, -0.2) is 43.7 Å². The predicted octanol–water partition coefficient (Wildman–Crippen LogP) is 0.501. The molecule has 6 nitrogen and oxygen atoms in total. The van der Waals surface area contributed by atoms with E-state index in [1.54, 1.807) is 0 Å². The van der Waals surface area contributed by atoms with Gasteiger partial charge in [0.2, 0.25) is 0 Å². The van der Waals surface area contributed by atoms with E-state index < -0.39 is 6.10 Å². The number of nitrogens with zero attached hydrogens (tertiary/aromatic N) is 3. The molecule has 1 atom stereocenters. The fraction of sp³-hybridized carbons (Fsp3) is 0.308. The van der Waals surface area contributed by atoms with Gasteiger partial charge in [0.05, 0.1) is 24.9 Å². The summed E-state index contributed by atoms with van der Waals surface area (Å²) in [4.78, 5) is 11.6. The summed E-state index contributed by atoms with van der Waals surface area (Å²) in [5, 5.41) is 26.1. The second-order valence-corrected chi connectivity index (χ2v) is 4.23. The number of hydrogen-bond acceptors (Lipinski definition) is 5. The first-order chi connectivity index (χ1) is 9.13. The number of carbonyl (C=O) groups is 1. The van der Waals surface area contributed by atoms with Gasteiger partial charge < -0.3 is 10.2 Å². The van der Waals surface area contributed by atoms with Gasteiger partial charge in [-0.2, -0.15) is 0 Å². The number of rotatable bonds is 5. The Balaban J connectivity index is 2.48. The van der Waals surface area contributed by atoms with Gasteiger partial charge in [-0.1, -0.05) is 35.5 Å². The van der Waals surface area contributed by atoms with Crippen molar-refractivity contribution in [2.45, 2.75) is 19.6 Å². The van der Waals surface area contributed by atoms with E-state index in [1.165, 1.54) is 11.6 Å². The van der Waals surface area contributed by atoms with Crippen molar-refractivity contribution in [3.63, 3.8) is 0 Å². The monoisotopic (exact) mass is 261 g/mol. The van der Waals surface area contributed by atoms with Gasteiger partial charge in [0.25, 0.3) is 0 Å². The number of aromatic nitrogens is 3. The second kappa shape index (κ2) is 5.73. The first-order valence-corrected chi connectivity index (χ1v) is 5.92. The highest BCUT2D eigenvalue weighted by molar-refractivity contribution is 5.97. The molecule has 2 aromatic rings. The molecule has 0 amide bonds. The normalized spacial score (nSPS) is 12.4. The van der Waals surface area contributed by atoms with Crippen LogP contribution in [-0.2, 0) is 6.54 Å². The van der Waals surface area contributed by atoms with Crippen molar-refractivity contribution in [2.75, 3.05) is 6.61 Å². The minimum absolute atomic E-state index is 0.0843. The maximum Gasteiger partial charge on any atom is 0.182 e. The van der Waals surface area contributed by atoms with E-state index in [4.69, 9.17) is 5.11 Å². The summed E-state index contributed by atoms with van der Waals surface area (Å²) in [5.74, 6) is -0.191. The van der Waals surface area contributed by atoms with Crippen molar-refractivity contribution in [1.29, 1.82) is 0 Å². The summed E-state index contributed by atoms with van der Waals surface area (Å²) < 4.78 is 1.44. The van der Waals surface area contributed by atoms with Crippen LogP contribution in [0.4, 0.5) is 0 Å². The highest BCUT2D eigenvalue weighted by Crippen LogP contribution is 2.22. The van der Waals surface area contributed by atoms with E-state index in [0.717, 1.165) is 5.56 Å². The van der Waals surface area contributed by atoms with E-state index in [9.17, 15) is 9.90 Å². The average Bonchev–Trinajstić information content (AvgIpc) is 2.83. The molecule has 0 aliphatic rings. The van der Waals surface area contributed by atoms with Gasteiger partial charge in [-0.05, 0) is 0 Å². The topological polar surface area (TPSA) is 88.2 Å². The van der Waals surface area contributed by atoms with Gasteiger partial charge in [-0.25, -0.2) is 4.68 Å². The molecule has 0 saturated carbocycles. The maximum absolute atomic E-state index is 11.6. The molecule has 2 N–H and O–H groups in total. The summed E-state index contributed by atoms with van der Waals surface area (Å²) >= 11 is 0. The van der Waals surface area contributed by atoms with Gasteiger partial charge in [-0.15, -0.1) is 5.10 Å². The zero-order valence-corrected chi connectivity index (χ0v) is 10.5. The minimum Gasteiger partial charge on any atom is -0.394 e. The van der Waals surface area contributed by atoms with Gasteiger partial charge in [0.1, 0.15) is 0 Å². The van der Waals surface area contributed by atoms with Crippen LogP contribution in [0.5, 0.6) is 0 Å². The van der Waals surface area contributed by atoms with Crippen molar-refractivity contribution in [3.05, 3.63) is 36.0 Å². The molecule has 19 heavy (non-hydrogen) atoms. The number of aliphatic hydroxyl groups excluding tert-OH is 2. The van der Waals surface area contributed by atoms with Crippen LogP contribution in [0.3, 0.4) is 0 Å². The Morgan fingerprint density at radius 3 is 2.63 bits per heavy atom. The lowest BCUT2D eigenvalue weighted by atomic mass is 10.1. The van der Waals surface area contributed by atoms with Crippen LogP contribution >= 0.6 is 0 Å². The molecule has 1 unspecified atom stereocenters. The molecule has 0 fully saturated rings. The third kappa shape index (κ3) is 2.86. The van der Waals surface area contributed by atoms with Crippen LogP contribution in [0, 0.1) is 0 Å². The van der Waals surface area contributed by atoms with Gasteiger partial charge in [0, 0.05) is 12.5 Å². The molecule has 100 valence electrons. The van der Waals surface area contributed by atoms with Gasteiger partial charge in [0.15, 0.2) is 11.5 Å². The molecule has 0 aliphatic carbocycles. The third-order valence-electron chi connectivity index (χ3n) is 2.71. The van der Waals surface area contributed by atoms with Crippen molar-refractivity contribution in [1.82, 2.24) is 15.0 Å². The molecule has 0 aliphatic heterocycles. The highest BCUT2D eigenvalue weighted by Gasteiger charge is 2.19. The predicted molar refractivity (Wildman–Crippen MR) is 68.6 cm³/mol. The molecule has 6 heteroatoms. The second-order valence-electron chi connectivity index (χ2n) is 4.23. The van der Waals surface area contributed by atoms with Crippen molar-refractivity contribution >= 4 is 5.78 Å². The van der Waals surface area contributed by atoms with Crippen LogP contribution < -0.4 is 0 Å². The van der Waals surface area contributed by atoms with Crippen molar-refractivity contribution in [3.8, 4) is 11.3 Å². The molecular weight excluding hydrogens is 246 g/mol. The van der Waals surface area contributed by atoms with E-state index in [2.05, 4.69) is 10.3 Å². The zero-order valence-electron chi connectivity index (χ0n) is 10.5. The number of benzene rings is 1. The van der Waals surface area contributed by atoms with E-state index in [1.807, 2.05) is 30.3 Å². The minimum atomic E-state index is -0.941. The smallest absolute Gasteiger partial charge is 0.182 e. The third-order valence-corrected chi connectivity index (χ3v) is 2.71. The summed E-state index contributed by atoms with van der Waals surface area (Å²) in [7, 11) is 0. The van der Waals surface area contributed by atoms with Crippen LogP contribution in [0.2, 0.25) is 0 Å². The fourth-order valence-corrected chi connectivity index (χ4v) is 1.82. The summed E-state index contributed by atoms with van der Waals surface area (Å²) in [6.45, 7) is 1.13. The molecule has 0 saturated heterocycles. The molecule has 2 rings (SSSR count). The van der Waals surface area contributed by atoms with Crippen LogP contribution in [0.25, 0.3) is 11.3 Å². The number of carbonyl (C=O) groups excluding carboxylic acids is 1. The molecule has 1 heterocycles. The van der Waals surface area contributed by atoms with Crippen LogP contribution in [0.1, 0.15) is 17.4 Å². The summed E-state index contributed by atoms with van der Waals surface area (Å²) in [6, 6.07) is 9.24. The maximum atomic E-state index is 11.6. The highest BCUT2D eigenvalue weighted by atomic mass is 16.3. The molecule has 1 aromatic carbocycles. The molecule has 0 spiro atoms. The number of Topliss-reactive ketones (excluding diaryl/α,β-unsaturated/α-hetero) is 1. The SMILES string of the molecule is CC(=O)c1nnn(CC(O)CO)c1-c1ccccc1.